The van der Waals surface area contributed by atoms with Crippen LogP contribution in [0.1, 0.15) is 12.8 Å². The summed E-state index contributed by atoms with van der Waals surface area (Å²) < 4.78 is 12.7. The van der Waals surface area contributed by atoms with Gasteiger partial charge in [-0.3, -0.25) is 19.8 Å². The topological polar surface area (TPSA) is 75.5 Å². The molecule has 0 radical (unpaired) electrons. The summed E-state index contributed by atoms with van der Waals surface area (Å²) in [7, 11) is 0. The highest BCUT2D eigenvalue weighted by atomic mass is 19.1. The second kappa shape index (κ2) is 6.42. The molecule has 7 heteroatoms. The third-order valence-corrected chi connectivity index (χ3v) is 3.36. The molecule has 1 aliphatic rings. The molecule has 1 saturated heterocycles. The number of amides is 1. The Kier molecular flexibility index (Phi) is 4.62. The fraction of sp³-hybridized carbons (Fsp3) is 0.462. The molecule has 1 fully saturated rings. The molecule has 0 aromatic heterocycles. The number of non-ortho nitro benzene ring substituents is 1. The molecule has 0 bridgehead atoms. The first kappa shape index (κ1) is 14.4. The Labute approximate surface area is 115 Å². The van der Waals surface area contributed by atoms with Crippen molar-refractivity contribution in [1.29, 1.82) is 0 Å². The minimum absolute atomic E-state index is 0.0781. The Morgan fingerprint density at radius 3 is 3.05 bits per heavy atom. The van der Waals surface area contributed by atoms with E-state index in [4.69, 9.17) is 0 Å². The van der Waals surface area contributed by atoms with Gasteiger partial charge in [-0.15, -0.1) is 0 Å². The molecule has 1 unspecified atom stereocenters. The van der Waals surface area contributed by atoms with E-state index in [1.807, 2.05) is 0 Å². The quantitative estimate of drug-likeness (QED) is 0.661. The number of hydrogen-bond donors (Lipinski definition) is 1. The van der Waals surface area contributed by atoms with Crippen molar-refractivity contribution < 1.29 is 14.1 Å². The highest BCUT2D eigenvalue weighted by Gasteiger charge is 2.26. The first-order chi connectivity index (χ1) is 9.60. The molecule has 20 heavy (non-hydrogen) atoms. The number of likely N-dealkylation sites (tertiary alicyclic amines) is 1. The van der Waals surface area contributed by atoms with Crippen LogP contribution in [0.4, 0.5) is 15.8 Å². The lowest BCUT2D eigenvalue weighted by Gasteiger charge is -2.21. The van der Waals surface area contributed by atoms with E-state index in [-0.39, 0.29) is 24.2 Å². The summed E-state index contributed by atoms with van der Waals surface area (Å²) in [4.78, 5) is 23.8. The second-order valence-corrected chi connectivity index (χ2v) is 4.78. The van der Waals surface area contributed by atoms with Crippen molar-refractivity contribution in [1.82, 2.24) is 4.90 Å². The SMILES string of the molecule is O=C(CN1CCCC1CF)Nc1cccc([N+](=O)[O-])c1. The summed E-state index contributed by atoms with van der Waals surface area (Å²) in [5, 5.41) is 13.2. The van der Waals surface area contributed by atoms with Gasteiger partial charge < -0.3 is 5.32 Å². The average Bonchev–Trinajstić information content (AvgIpc) is 2.86. The number of carbonyl (C=O) groups excluding carboxylic acids is 1. The average molecular weight is 281 g/mol. The lowest BCUT2D eigenvalue weighted by Crippen LogP contribution is -2.37. The Hall–Kier alpha value is -2.02. The molecule has 0 spiro atoms. The Morgan fingerprint density at radius 1 is 1.55 bits per heavy atom. The zero-order chi connectivity index (χ0) is 14.5. The number of carbonyl (C=O) groups is 1. The molecule has 0 saturated carbocycles. The summed E-state index contributed by atoms with van der Waals surface area (Å²) in [6.45, 7) is 0.359. The first-order valence-electron chi connectivity index (χ1n) is 6.44. The number of benzene rings is 1. The fourth-order valence-electron chi connectivity index (χ4n) is 2.36. The monoisotopic (exact) mass is 281 g/mol. The van der Waals surface area contributed by atoms with Crippen LogP contribution in [-0.4, -0.2) is 41.5 Å². The predicted molar refractivity (Wildman–Crippen MR) is 72.3 cm³/mol. The summed E-state index contributed by atoms with van der Waals surface area (Å²) >= 11 is 0. The van der Waals surface area contributed by atoms with Crippen molar-refractivity contribution >= 4 is 17.3 Å². The number of alkyl halides is 1. The summed E-state index contributed by atoms with van der Waals surface area (Å²) in [5.74, 6) is -0.286. The van der Waals surface area contributed by atoms with Crippen LogP contribution in [0, 0.1) is 10.1 Å². The Morgan fingerprint density at radius 2 is 2.35 bits per heavy atom. The molecule has 1 aromatic carbocycles. The number of halogens is 1. The van der Waals surface area contributed by atoms with Crippen LogP contribution in [-0.2, 0) is 4.79 Å². The van der Waals surface area contributed by atoms with Gasteiger partial charge in [0.25, 0.3) is 5.69 Å². The predicted octanol–water partition coefficient (Wildman–Crippen LogP) is 1.97. The van der Waals surface area contributed by atoms with Crippen LogP contribution in [0.3, 0.4) is 0 Å². The van der Waals surface area contributed by atoms with Crippen LogP contribution in [0.25, 0.3) is 0 Å². The number of nitrogens with zero attached hydrogens (tertiary/aromatic N) is 2. The van der Waals surface area contributed by atoms with Gasteiger partial charge in [-0.2, -0.15) is 0 Å². The van der Waals surface area contributed by atoms with Crippen molar-refractivity contribution in [3.8, 4) is 0 Å². The maximum atomic E-state index is 12.7. The highest BCUT2D eigenvalue weighted by molar-refractivity contribution is 5.92. The second-order valence-electron chi connectivity index (χ2n) is 4.78. The Bertz CT molecular complexity index is 509. The number of anilines is 1. The fourth-order valence-corrected chi connectivity index (χ4v) is 2.36. The van der Waals surface area contributed by atoms with Crippen molar-refractivity contribution in [2.24, 2.45) is 0 Å². The zero-order valence-electron chi connectivity index (χ0n) is 10.9. The van der Waals surface area contributed by atoms with E-state index in [9.17, 15) is 19.3 Å². The molecule has 2 rings (SSSR count). The molecular weight excluding hydrogens is 265 g/mol. The minimum Gasteiger partial charge on any atom is -0.325 e. The van der Waals surface area contributed by atoms with E-state index in [1.54, 1.807) is 11.0 Å². The van der Waals surface area contributed by atoms with Crippen molar-refractivity contribution in [3.63, 3.8) is 0 Å². The maximum Gasteiger partial charge on any atom is 0.271 e. The standard InChI is InChI=1S/C13H16FN3O3/c14-8-12-5-2-6-16(12)9-13(18)15-10-3-1-4-11(7-10)17(19)20/h1,3-4,7,12H,2,5-6,8-9H2,(H,15,18). The molecule has 6 nitrogen and oxygen atoms in total. The van der Waals surface area contributed by atoms with E-state index in [1.165, 1.54) is 18.2 Å². The first-order valence-corrected chi connectivity index (χ1v) is 6.44. The van der Waals surface area contributed by atoms with Crippen LogP contribution >= 0.6 is 0 Å². The third kappa shape index (κ3) is 3.51. The zero-order valence-corrected chi connectivity index (χ0v) is 10.9. The van der Waals surface area contributed by atoms with Gasteiger partial charge >= 0.3 is 0 Å². The number of nitro groups is 1. The van der Waals surface area contributed by atoms with Gasteiger partial charge in [0.2, 0.25) is 5.91 Å². The van der Waals surface area contributed by atoms with E-state index in [0.29, 0.717) is 12.2 Å². The van der Waals surface area contributed by atoms with Crippen LogP contribution in [0.15, 0.2) is 24.3 Å². The van der Waals surface area contributed by atoms with Gasteiger partial charge in [-0.25, -0.2) is 4.39 Å². The molecule has 1 N–H and O–H groups in total. The molecule has 1 heterocycles. The highest BCUT2D eigenvalue weighted by Crippen LogP contribution is 2.19. The molecular formula is C13H16FN3O3. The molecule has 108 valence electrons. The van der Waals surface area contributed by atoms with E-state index in [2.05, 4.69) is 5.32 Å². The molecule has 1 aromatic rings. The van der Waals surface area contributed by atoms with E-state index >= 15 is 0 Å². The molecule has 1 aliphatic heterocycles. The van der Waals surface area contributed by atoms with Crippen molar-refractivity contribution in [2.75, 3.05) is 25.1 Å². The third-order valence-electron chi connectivity index (χ3n) is 3.36. The van der Waals surface area contributed by atoms with Crippen molar-refractivity contribution in [3.05, 3.63) is 34.4 Å². The summed E-state index contributed by atoms with van der Waals surface area (Å²) in [5.41, 5.74) is 0.297. The number of hydrogen-bond acceptors (Lipinski definition) is 4. The molecule has 1 amide bonds. The number of nitro benzene ring substituents is 1. The van der Waals surface area contributed by atoms with Crippen LogP contribution in [0.2, 0.25) is 0 Å². The van der Waals surface area contributed by atoms with E-state index < -0.39 is 11.6 Å². The van der Waals surface area contributed by atoms with Gasteiger partial charge in [-0.1, -0.05) is 6.07 Å². The minimum atomic E-state index is -0.519. The largest absolute Gasteiger partial charge is 0.325 e. The molecule has 1 atom stereocenters. The van der Waals surface area contributed by atoms with Gasteiger partial charge in [0.05, 0.1) is 11.5 Å². The smallest absolute Gasteiger partial charge is 0.271 e. The van der Waals surface area contributed by atoms with Crippen molar-refractivity contribution in [2.45, 2.75) is 18.9 Å². The van der Waals surface area contributed by atoms with Gasteiger partial charge in [0.15, 0.2) is 0 Å². The van der Waals surface area contributed by atoms with Crippen LogP contribution in [0.5, 0.6) is 0 Å². The molecule has 0 aliphatic carbocycles. The van der Waals surface area contributed by atoms with E-state index in [0.717, 1.165) is 12.8 Å². The normalized spacial score (nSPS) is 18.9. The lowest BCUT2D eigenvalue weighted by atomic mass is 10.2. The maximum absolute atomic E-state index is 12.7. The van der Waals surface area contributed by atoms with Gasteiger partial charge in [-0.05, 0) is 25.5 Å². The van der Waals surface area contributed by atoms with Gasteiger partial charge in [0.1, 0.15) is 6.67 Å². The number of rotatable bonds is 5. The summed E-state index contributed by atoms with van der Waals surface area (Å²) in [6, 6.07) is 5.56. The lowest BCUT2D eigenvalue weighted by molar-refractivity contribution is -0.384. The van der Waals surface area contributed by atoms with Crippen LogP contribution < -0.4 is 5.32 Å². The summed E-state index contributed by atoms with van der Waals surface area (Å²) in [6.07, 6.45) is 1.65. The van der Waals surface area contributed by atoms with Gasteiger partial charge in [0, 0.05) is 23.9 Å². The Balaban J connectivity index is 1.94. The number of nitrogens with one attached hydrogen (secondary N) is 1.